The fourth-order valence-corrected chi connectivity index (χ4v) is 3.84. The normalized spacial score (nSPS) is 20.1. The van der Waals surface area contributed by atoms with Gasteiger partial charge in [-0.1, -0.05) is 30.3 Å². The van der Waals surface area contributed by atoms with Crippen molar-refractivity contribution < 1.29 is 13.9 Å². The van der Waals surface area contributed by atoms with Crippen molar-refractivity contribution in [3.63, 3.8) is 0 Å². The second-order valence-corrected chi connectivity index (χ2v) is 6.93. The van der Waals surface area contributed by atoms with E-state index in [0.29, 0.717) is 0 Å². The quantitative estimate of drug-likeness (QED) is 0.641. The Morgan fingerprint density at radius 2 is 1.75 bits per heavy atom. The van der Waals surface area contributed by atoms with Crippen molar-refractivity contribution in [2.24, 2.45) is 5.10 Å². The number of hydrazone groups is 1. The van der Waals surface area contributed by atoms with E-state index >= 15 is 0 Å². The molecule has 2 atom stereocenters. The molecule has 4 nitrogen and oxygen atoms in total. The van der Waals surface area contributed by atoms with E-state index in [9.17, 15) is 4.39 Å². The van der Waals surface area contributed by atoms with Crippen molar-refractivity contribution >= 4 is 5.71 Å². The number of benzene rings is 3. The summed E-state index contributed by atoms with van der Waals surface area (Å²) < 4.78 is 24.9. The molecule has 3 aromatic rings. The van der Waals surface area contributed by atoms with Crippen LogP contribution in [0.15, 0.2) is 77.9 Å². The average molecular weight is 374 g/mol. The maximum absolute atomic E-state index is 13.4. The zero-order chi connectivity index (χ0) is 19.1. The number of rotatable bonds is 3. The summed E-state index contributed by atoms with van der Waals surface area (Å²) in [5.41, 5.74) is 4.05. The summed E-state index contributed by atoms with van der Waals surface area (Å²) in [6.07, 6.45) is 0.390. The lowest BCUT2D eigenvalue weighted by Gasteiger charge is -2.38. The van der Waals surface area contributed by atoms with Crippen molar-refractivity contribution in [3.8, 4) is 11.5 Å². The van der Waals surface area contributed by atoms with Crippen LogP contribution in [0.1, 0.15) is 35.4 Å². The summed E-state index contributed by atoms with van der Waals surface area (Å²) in [7, 11) is 1.66. The minimum atomic E-state index is -0.392. The van der Waals surface area contributed by atoms with Gasteiger partial charge in [0.2, 0.25) is 6.23 Å². The molecule has 0 aliphatic carbocycles. The van der Waals surface area contributed by atoms with Gasteiger partial charge in [-0.3, -0.25) is 0 Å². The highest BCUT2D eigenvalue weighted by Crippen LogP contribution is 2.47. The topological polar surface area (TPSA) is 34.1 Å². The molecule has 2 heterocycles. The van der Waals surface area contributed by atoms with Crippen molar-refractivity contribution in [2.75, 3.05) is 7.11 Å². The molecule has 0 fully saturated rings. The first-order chi connectivity index (χ1) is 13.7. The molecule has 0 aromatic heterocycles. The molecular weight excluding hydrogens is 355 g/mol. The first-order valence-corrected chi connectivity index (χ1v) is 9.24. The van der Waals surface area contributed by atoms with Gasteiger partial charge in [-0.25, -0.2) is 9.40 Å². The first-order valence-electron chi connectivity index (χ1n) is 9.24. The van der Waals surface area contributed by atoms with Gasteiger partial charge < -0.3 is 9.47 Å². The van der Waals surface area contributed by atoms with Crippen LogP contribution in [0.2, 0.25) is 0 Å². The van der Waals surface area contributed by atoms with Crippen molar-refractivity contribution in [2.45, 2.75) is 18.7 Å². The third kappa shape index (κ3) is 2.80. The molecule has 0 bridgehead atoms. The Hall–Kier alpha value is -3.34. The summed E-state index contributed by atoms with van der Waals surface area (Å²) in [4.78, 5) is 0. The van der Waals surface area contributed by atoms with Crippen molar-refractivity contribution in [1.82, 2.24) is 5.01 Å². The van der Waals surface area contributed by atoms with Crippen molar-refractivity contribution in [1.29, 1.82) is 0 Å². The summed E-state index contributed by atoms with van der Waals surface area (Å²) in [6.45, 7) is 0. The van der Waals surface area contributed by atoms with E-state index in [1.807, 2.05) is 47.5 Å². The van der Waals surface area contributed by atoms with Gasteiger partial charge in [-0.2, -0.15) is 5.10 Å². The zero-order valence-electron chi connectivity index (χ0n) is 15.4. The summed E-state index contributed by atoms with van der Waals surface area (Å²) in [6, 6.07) is 22.5. The standard InChI is InChI=1S/C23H19FN2O2/c1-27-18-12-8-15(9-13-18)20-14-21-19-4-2-3-5-22(19)28-23(26(21)25-20)16-6-10-17(24)11-7-16/h2-13,21,23H,14H2,1H3. The van der Waals surface area contributed by atoms with Gasteiger partial charge in [0.1, 0.15) is 17.3 Å². The molecule has 0 N–H and O–H groups in total. The molecular formula is C23H19FN2O2. The Morgan fingerprint density at radius 1 is 1.00 bits per heavy atom. The maximum atomic E-state index is 13.4. The Bertz CT molecular complexity index is 1030. The van der Waals surface area contributed by atoms with Gasteiger partial charge in [0.25, 0.3) is 0 Å². The van der Waals surface area contributed by atoms with Crippen LogP contribution in [-0.2, 0) is 0 Å². The van der Waals surface area contributed by atoms with E-state index in [0.717, 1.165) is 40.3 Å². The predicted molar refractivity (Wildman–Crippen MR) is 105 cm³/mol. The van der Waals surface area contributed by atoms with E-state index in [4.69, 9.17) is 14.6 Å². The number of halogens is 1. The van der Waals surface area contributed by atoms with Gasteiger partial charge in [0.15, 0.2) is 0 Å². The van der Waals surface area contributed by atoms with Crippen LogP contribution < -0.4 is 9.47 Å². The van der Waals surface area contributed by atoms with Crippen LogP contribution in [0, 0.1) is 5.82 Å². The van der Waals surface area contributed by atoms with Crippen LogP contribution in [0.5, 0.6) is 11.5 Å². The molecule has 2 aliphatic heterocycles. The molecule has 5 rings (SSSR count). The van der Waals surface area contributed by atoms with Crippen LogP contribution in [0.4, 0.5) is 4.39 Å². The molecule has 0 radical (unpaired) electrons. The summed E-state index contributed by atoms with van der Waals surface area (Å²) in [5, 5.41) is 6.90. The summed E-state index contributed by atoms with van der Waals surface area (Å²) >= 11 is 0. The molecule has 140 valence electrons. The van der Waals surface area contributed by atoms with E-state index < -0.39 is 6.23 Å². The third-order valence-corrected chi connectivity index (χ3v) is 5.28. The molecule has 0 saturated carbocycles. The Kier molecular flexibility index (Phi) is 4.01. The van der Waals surface area contributed by atoms with Crippen LogP contribution >= 0.6 is 0 Å². The van der Waals surface area contributed by atoms with Gasteiger partial charge >= 0.3 is 0 Å². The zero-order valence-corrected chi connectivity index (χ0v) is 15.4. The van der Waals surface area contributed by atoms with Gasteiger partial charge in [-0.05, 0) is 48.0 Å². The Labute approximate surface area is 162 Å². The minimum absolute atomic E-state index is 0.0807. The number of para-hydroxylation sites is 1. The highest BCUT2D eigenvalue weighted by atomic mass is 19.1. The van der Waals surface area contributed by atoms with E-state index in [2.05, 4.69) is 6.07 Å². The number of nitrogens with zero attached hydrogens (tertiary/aromatic N) is 2. The fourth-order valence-electron chi connectivity index (χ4n) is 3.84. The molecule has 0 saturated heterocycles. The smallest absolute Gasteiger partial charge is 0.213 e. The second kappa shape index (κ2) is 6.68. The van der Waals surface area contributed by atoms with E-state index in [-0.39, 0.29) is 11.9 Å². The largest absolute Gasteiger partial charge is 0.497 e. The fraction of sp³-hybridized carbons (Fsp3) is 0.174. The second-order valence-electron chi connectivity index (χ2n) is 6.93. The highest BCUT2D eigenvalue weighted by molar-refractivity contribution is 6.02. The van der Waals surface area contributed by atoms with Crippen LogP contribution in [-0.4, -0.2) is 17.8 Å². The van der Waals surface area contributed by atoms with Gasteiger partial charge in [0.05, 0.1) is 18.9 Å². The van der Waals surface area contributed by atoms with Crippen molar-refractivity contribution in [3.05, 3.63) is 95.3 Å². The lowest BCUT2D eigenvalue weighted by Crippen LogP contribution is -2.33. The molecule has 3 aromatic carbocycles. The monoisotopic (exact) mass is 374 g/mol. The Balaban J connectivity index is 1.56. The lowest BCUT2D eigenvalue weighted by atomic mass is 9.96. The first kappa shape index (κ1) is 16.8. The van der Waals surface area contributed by atoms with E-state index in [1.54, 1.807) is 19.2 Å². The molecule has 0 amide bonds. The predicted octanol–water partition coefficient (Wildman–Crippen LogP) is 5.08. The molecule has 0 spiro atoms. The molecule has 5 heteroatoms. The SMILES string of the molecule is COc1ccc(C2=NN3C(C2)c2ccccc2OC3c2ccc(F)cc2)cc1. The van der Waals surface area contributed by atoms with Crippen LogP contribution in [0.25, 0.3) is 0 Å². The number of hydrogen-bond acceptors (Lipinski definition) is 4. The third-order valence-electron chi connectivity index (χ3n) is 5.28. The Morgan fingerprint density at radius 3 is 2.50 bits per heavy atom. The number of fused-ring (bicyclic) bond motifs is 3. The maximum Gasteiger partial charge on any atom is 0.213 e. The number of methoxy groups -OCH3 is 1. The highest BCUT2D eigenvalue weighted by Gasteiger charge is 2.40. The average Bonchev–Trinajstić information content (AvgIpc) is 3.20. The van der Waals surface area contributed by atoms with Crippen LogP contribution in [0.3, 0.4) is 0 Å². The number of ether oxygens (including phenoxy) is 2. The van der Waals surface area contributed by atoms with Gasteiger partial charge in [0, 0.05) is 17.5 Å². The van der Waals surface area contributed by atoms with Gasteiger partial charge in [-0.15, -0.1) is 0 Å². The molecule has 2 unspecified atom stereocenters. The summed E-state index contributed by atoms with van der Waals surface area (Å²) in [5.74, 6) is 1.41. The number of hydrogen-bond donors (Lipinski definition) is 0. The molecule has 28 heavy (non-hydrogen) atoms. The molecule has 2 aliphatic rings. The lowest BCUT2D eigenvalue weighted by molar-refractivity contribution is -0.0190. The minimum Gasteiger partial charge on any atom is -0.497 e. The van der Waals surface area contributed by atoms with E-state index in [1.165, 1.54) is 12.1 Å².